The highest BCUT2D eigenvalue weighted by atomic mass is 79.9. The molecule has 0 heterocycles. The van der Waals surface area contributed by atoms with Crippen molar-refractivity contribution < 1.29 is 19.2 Å². The second kappa shape index (κ2) is 8.77. The highest BCUT2D eigenvalue weighted by molar-refractivity contribution is 9.10. The zero-order valence-electron chi connectivity index (χ0n) is 13.6. The minimum Gasteiger partial charge on any atom is -0.469 e. The van der Waals surface area contributed by atoms with Gasteiger partial charge >= 0.3 is 5.97 Å². The van der Waals surface area contributed by atoms with Crippen LogP contribution in [0.2, 0.25) is 5.02 Å². The molecule has 7 nitrogen and oxygen atoms in total. The number of esters is 1. The Bertz CT molecular complexity index is 859. The van der Waals surface area contributed by atoms with Crippen LogP contribution in [0, 0.1) is 10.1 Å². The lowest BCUT2D eigenvalue weighted by Crippen LogP contribution is -2.30. The Morgan fingerprint density at radius 3 is 2.62 bits per heavy atom. The number of carbonyl (C=O) groups excluding carboxylic acids is 2. The smallest absolute Gasteiger partial charge is 0.307 e. The Labute approximate surface area is 162 Å². The van der Waals surface area contributed by atoms with Crippen LogP contribution in [0.15, 0.2) is 46.9 Å². The molecule has 0 radical (unpaired) electrons. The Hall–Kier alpha value is -2.45. The maximum Gasteiger partial charge on any atom is 0.307 e. The summed E-state index contributed by atoms with van der Waals surface area (Å²) in [6, 6.07) is 10.0. The molecule has 2 aromatic carbocycles. The number of nitro benzene ring substituents is 1. The van der Waals surface area contributed by atoms with Gasteiger partial charge in [-0.3, -0.25) is 19.7 Å². The van der Waals surface area contributed by atoms with Crippen molar-refractivity contribution in [3.8, 4) is 0 Å². The van der Waals surface area contributed by atoms with E-state index in [2.05, 4.69) is 26.0 Å². The molecule has 0 aromatic heterocycles. The Morgan fingerprint density at radius 2 is 2.00 bits per heavy atom. The van der Waals surface area contributed by atoms with Crippen molar-refractivity contribution in [2.24, 2.45) is 0 Å². The van der Waals surface area contributed by atoms with E-state index in [-0.39, 0.29) is 22.1 Å². The van der Waals surface area contributed by atoms with Crippen LogP contribution in [0.1, 0.15) is 28.4 Å². The second-order valence-corrected chi connectivity index (χ2v) is 6.51. The number of benzene rings is 2. The van der Waals surface area contributed by atoms with Gasteiger partial charge in [0.1, 0.15) is 0 Å². The summed E-state index contributed by atoms with van der Waals surface area (Å²) < 4.78 is 4.93. The number of hydrogen-bond donors (Lipinski definition) is 1. The van der Waals surface area contributed by atoms with Crippen molar-refractivity contribution in [3.63, 3.8) is 0 Å². The van der Waals surface area contributed by atoms with Crippen LogP contribution < -0.4 is 5.32 Å². The molecule has 1 atom stereocenters. The maximum atomic E-state index is 12.6. The number of nitro groups is 1. The number of carbonyl (C=O) groups is 2. The number of nitrogens with zero attached hydrogens (tertiary/aromatic N) is 1. The fourth-order valence-corrected chi connectivity index (χ4v) is 2.94. The second-order valence-electron chi connectivity index (χ2n) is 5.25. The fourth-order valence-electron chi connectivity index (χ4n) is 2.28. The lowest BCUT2D eigenvalue weighted by Gasteiger charge is -2.19. The molecule has 0 bridgehead atoms. The van der Waals surface area contributed by atoms with Crippen LogP contribution in [0.5, 0.6) is 0 Å². The first-order valence-electron chi connectivity index (χ1n) is 7.39. The number of ether oxygens (including phenoxy) is 1. The highest BCUT2D eigenvalue weighted by Gasteiger charge is 2.23. The molecule has 26 heavy (non-hydrogen) atoms. The van der Waals surface area contributed by atoms with Gasteiger partial charge < -0.3 is 10.1 Å². The summed E-state index contributed by atoms with van der Waals surface area (Å²) in [6.45, 7) is 0. The van der Waals surface area contributed by atoms with Gasteiger partial charge in [-0.05, 0) is 39.7 Å². The summed E-state index contributed by atoms with van der Waals surface area (Å²) in [7, 11) is 1.24. The van der Waals surface area contributed by atoms with Crippen molar-refractivity contribution in [3.05, 3.63) is 73.2 Å². The average Bonchev–Trinajstić information content (AvgIpc) is 2.61. The zero-order valence-corrected chi connectivity index (χ0v) is 15.9. The van der Waals surface area contributed by atoms with Gasteiger partial charge in [0.15, 0.2) is 0 Å². The molecule has 0 aliphatic carbocycles. The van der Waals surface area contributed by atoms with E-state index in [1.165, 1.54) is 19.2 Å². The van der Waals surface area contributed by atoms with E-state index in [1.807, 2.05) is 0 Å². The molecule has 0 aliphatic rings. The van der Waals surface area contributed by atoms with Gasteiger partial charge in [0.05, 0.1) is 29.0 Å². The van der Waals surface area contributed by atoms with Crippen molar-refractivity contribution in [1.29, 1.82) is 0 Å². The monoisotopic (exact) mass is 440 g/mol. The van der Waals surface area contributed by atoms with Gasteiger partial charge in [0.2, 0.25) is 0 Å². The first-order valence-corrected chi connectivity index (χ1v) is 8.56. The highest BCUT2D eigenvalue weighted by Crippen LogP contribution is 2.28. The van der Waals surface area contributed by atoms with Gasteiger partial charge in [-0.15, -0.1) is 0 Å². The van der Waals surface area contributed by atoms with Crippen molar-refractivity contribution in [2.45, 2.75) is 12.5 Å². The summed E-state index contributed by atoms with van der Waals surface area (Å²) >= 11 is 9.23. The molecule has 0 saturated carbocycles. The molecule has 1 N–H and O–H groups in total. The van der Waals surface area contributed by atoms with Gasteiger partial charge in [-0.2, -0.15) is 0 Å². The molecule has 0 saturated heterocycles. The summed E-state index contributed by atoms with van der Waals surface area (Å²) in [5, 5.41) is 14.1. The Morgan fingerprint density at radius 1 is 1.31 bits per heavy atom. The number of halogens is 2. The van der Waals surface area contributed by atoms with E-state index in [0.29, 0.717) is 10.6 Å². The normalized spacial score (nSPS) is 11.5. The molecule has 9 heteroatoms. The fraction of sp³-hybridized carbons (Fsp3) is 0.176. The third-order valence-corrected chi connectivity index (χ3v) is 4.60. The quantitative estimate of drug-likeness (QED) is 0.414. The summed E-state index contributed by atoms with van der Waals surface area (Å²) in [5.41, 5.74) is 0.390. The number of nitrogens with one attached hydrogen (secondary N) is 1. The first-order chi connectivity index (χ1) is 12.3. The minimum atomic E-state index is -0.744. The first kappa shape index (κ1) is 19.9. The van der Waals surface area contributed by atoms with Gasteiger partial charge in [0, 0.05) is 16.7 Å². The predicted octanol–water partition coefficient (Wildman–Crippen LogP) is 4.04. The molecule has 0 spiro atoms. The predicted molar refractivity (Wildman–Crippen MR) is 99.1 cm³/mol. The van der Waals surface area contributed by atoms with E-state index >= 15 is 0 Å². The summed E-state index contributed by atoms with van der Waals surface area (Å²) in [5.74, 6) is -1.11. The molecule has 1 unspecified atom stereocenters. The standard InChI is InChI=1S/C17H14BrClN2O5/c1-26-16(22)9-14(11-4-2-3-5-13(11)19)20-17(23)10-6-7-12(18)15(8-10)21(24)25/h2-8,14H,9H2,1H3,(H,20,23). The molecular formula is C17H14BrClN2O5. The van der Waals surface area contributed by atoms with Crippen molar-refractivity contribution >= 4 is 45.1 Å². The van der Waals surface area contributed by atoms with Crippen LogP contribution in [-0.4, -0.2) is 23.9 Å². The Balaban J connectivity index is 2.32. The van der Waals surface area contributed by atoms with E-state index in [1.54, 1.807) is 24.3 Å². The van der Waals surface area contributed by atoms with Crippen LogP contribution in [0.4, 0.5) is 5.69 Å². The lowest BCUT2D eigenvalue weighted by atomic mass is 10.0. The zero-order chi connectivity index (χ0) is 19.3. The number of hydrogen-bond acceptors (Lipinski definition) is 5. The summed E-state index contributed by atoms with van der Waals surface area (Å²) in [4.78, 5) is 34.7. The maximum absolute atomic E-state index is 12.6. The van der Waals surface area contributed by atoms with Gasteiger partial charge in [-0.1, -0.05) is 29.8 Å². The van der Waals surface area contributed by atoms with E-state index in [0.717, 1.165) is 6.07 Å². The molecule has 2 rings (SSSR count). The molecule has 0 fully saturated rings. The van der Waals surface area contributed by atoms with Crippen molar-refractivity contribution in [2.75, 3.05) is 7.11 Å². The topological polar surface area (TPSA) is 98.5 Å². The van der Waals surface area contributed by atoms with Crippen molar-refractivity contribution in [1.82, 2.24) is 5.32 Å². The van der Waals surface area contributed by atoms with E-state index in [9.17, 15) is 19.7 Å². The van der Waals surface area contributed by atoms with E-state index in [4.69, 9.17) is 11.6 Å². The molecule has 0 aliphatic heterocycles. The Kier molecular flexibility index (Phi) is 6.70. The third-order valence-electron chi connectivity index (χ3n) is 3.59. The summed E-state index contributed by atoms with van der Waals surface area (Å²) in [6.07, 6.45) is -0.134. The molecular weight excluding hydrogens is 428 g/mol. The molecule has 2 aromatic rings. The van der Waals surface area contributed by atoms with Crippen LogP contribution >= 0.6 is 27.5 Å². The van der Waals surface area contributed by atoms with Gasteiger partial charge in [0.25, 0.3) is 11.6 Å². The molecule has 1 amide bonds. The SMILES string of the molecule is COC(=O)CC(NC(=O)c1ccc(Br)c([N+](=O)[O-])c1)c1ccccc1Cl. The number of rotatable bonds is 6. The largest absolute Gasteiger partial charge is 0.469 e. The third kappa shape index (κ3) is 4.80. The van der Waals surface area contributed by atoms with Gasteiger partial charge in [-0.25, -0.2) is 0 Å². The lowest BCUT2D eigenvalue weighted by molar-refractivity contribution is -0.385. The van der Waals surface area contributed by atoms with E-state index < -0.39 is 22.8 Å². The minimum absolute atomic E-state index is 0.0850. The average molecular weight is 442 g/mol. The van der Waals surface area contributed by atoms with Crippen LogP contribution in [0.25, 0.3) is 0 Å². The van der Waals surface area contributed by atoms with Crippen LogP contribution in [-0.2, 0) is 9.53 Å². The molecule has 136 valence electrons. The number of methoxy groups -OCH3 is 1. The number of amides is 1. The van der Waals surface area contributed by atoms with Crippen LogP contribution in [0.3, 0.4) is 0 Å².